The van der Waals surface area contributed by atoms with Crippen molar-refractivity contribution in [1.82, 2.24) is 5.32 Å². The fraction of sp³-hybridized carbons (Fsp3) is 0.133. The highest BCUT2D eigenvalue weighted by molar-refractivity contribution is 6.32. The molecule has 0 radical (unpaired) electrons. The lowest BCUT2D eigenvalue weighted by molar-refractivity contribution is -0.117. The van der Waals surface area contributed by atoms with E-state index < -0.39 is 6.04 Å². The van der Waals surface area contributed by atoms with Gasteiger partial charge < -0.3 is 15.4 Å². The van der Waals surface area contributed by atoms with Gasteiger partial charge in [-0.1, -0.05) is 11.6 Å². The molecule has 0 fully saturated rings. The van der Waals surface area contributed by atoms with Crippen LogP contribution in [0.4, 0.5) is 10.1 Å². The molecule has 1 amide bonds. The number of hydrogen-bond acceptors (Lipinski definition) is 3. The smallest absolute Gasteiger partial charge is 0.246 e. The third-order valence-electron chi connectivity index (χ3n) is 3.27. The van der Waals surface area contributed by atoms with E-state index in [9.17, 15) is 9.18 Å². The molecule has 4 nitrogen and oxygen atoms in total. The number of halogens is 2. The lowest BCUT2D eigenvalue weighted by Gasteiger charge is -2.11. The van der Waals surface area contributed by atoms with Gasteiger partial charge in [-0.05, 0) is 37.4 Å². The number of rotatable bonds is 3. The number of nitrogens with one attached hydrogen (secondary N) is 2. The molecule has 0 bridgehead atoms. The van der Waals surface area contributed by atoms with Crippen LogP contribution >= 0.6 is 11.6 Å². The third-order valence-corrected chi connectivity index (χ3v) is 3.56. The predicted molar refractivity (Wildman–Crippen MR) is 78.4 cm³/mol. The van der Waals surface area contributed by atoms with E-state index in [4.69, 9.17) is 16.3 Å². The Hall–Kier alpha value is -2.11. The van der Waals surface area contributed by atoms with Crippen LogP contribution in [0.3, 0.4) is 0 Å². The molecule has 0 saturated carbocycles. The van der Waals surface area contributed by atoms with Crippen molar-refractivity contribution < 1.29 is 13.9 Å². The van der Waals surface area contributed by atoms with E-state index in [0.29, 0.717) is 22.2 Å². The van der Waals surface area contributed by atoms with E-state index in [-0.39, 0.29) is 11.7 Å². The van der Waals surface area contributed by atoms with Crippen molar-refractivity contribution in [3.8, 4) is 11.5 Å². The number of hydrogen-bond donors (Lipinski definition) is 2. The lowest BCUT2D eigenvalue weighted by Crippen LogP contribution is -2.23. The van der Waals surface area contributed by atoms with Crippen molar-refractivity contribution in [3.63, 3.8) is 0 Å². The van der Waals surface area contributed by atoms with Crippen LogP contribution in [0.2, 0.25) is 5.02 Å². The second kappa shape index (κ2) is 5.35. The summed E-state index contributed by atoms with van der Waals surface area (Å²) in [5.74, 6) is 0.390. The molecule has 21 heavy (non-hydrogen) atoms. The Kier molecular flexibility index (Phi) is 3.53. The molecule has 1 heterocycles. The zero-order valence-corrected chi connectivity index (χ0v) is 11.9. The van der Waals surface area contributed by atoms with Gasteiger partial charge in [0, 0.05) is 17.3 Å². The summed E-state index contributed by atoms with van der Waals surface area (Å²) in [5, 5.41) is 6.06. The summed E-state index contributed by atoms with van der Waals surface area (Å²) >= 11 is 6.19. The molecule has 0 saturated heterocycles. The second-order valence-electron chi connectivity index (χ2n) is 4.64. The minimum Gasteiger partial charge on any atom is -0.456 e. The van der Waals surface area contributed by atoms with E-state index >= 15 is 0 Å². The number of carbonyl (C=O) groups excluding carboxylic acids is 1. The Balaban J connectivity index is 1.93. The van der Waals surface area contributed by atoms with Crippen molar-refractivity contribution >= 4 is 23.2 Å². The van der Waals surface area contributed by atoms with Gasteiger partial charge in [-0.15, -0.1) is 0 Å². The van der Waals surface area contributed by atoms with Gasteiger partial charge in [0.1, 0.15) is 23.4 Å². The summed E-state index contributed by atoms with van der Waals surface area (Å²) in [7, 11) is 1.70. The molecule has 1 unspecified atom stereocenters. The van der Waals surface area contributed by atoms with Crippen LogP contribution in [0.5, 0.6) is 11.5 Å². The topological polar surface area (TPSA) is 50.4 Å². The average Bonchev–Trinajstić information content (AvgIpc) is 2.76. The van der Waals surface area contributed by atoms with Gasteiger partial charge in [-0.2, -0.15) is 0 Å². The molecule has 0 aliphatic carbocycles. The van der Waals surface area contributed by atoms with Crippen LogP contribution < -0.4 is 15.4 Å². The number of likely N-dealkylation sites (N-methyl/N-ethyl adjacent to an activating group) is 1. The van der Waals surface area contributed by atoms with Crippen molar-refractivity contribution in [2.75, 3.05) is 12.4 Å². The van der Waals surface area contributed by atoms with Gasteiger partial charge >= 0.3 is 0 Å². The van der Waals surface area contributed by atoms with E-state index in [2.05, 4.69) is 10.6 Å². The van der Waals surface area contributed by atoms with Crippen LogP contribution in [-0.4, -0.2) is 13.0 Å². The molecule has 3 rings (SSSR count). The third kappa shape index (κ3) is 2.57. The fourth-order valence-corrected chi connectivity index (χ4v) is 2.47. The first-order chi connectivity index (χ1) is 10.1. The van der Waals surface area contributed by atoms with Gasteiger partial charge in [0.05, 0.1) is 5.02 Å². The molecule has 0 aromatic heterocycles. The molecule has 2 aromatic carbocycles. The maximum Gasteiger partial charge on any atom is 0.246 e. The highest BCUT2D eigenvalue weighted by Crippen LogP contribution is 2.39. The summed E-state index contributed by atoms with van der Waals surface area (Å²) < 4.78 is 18.5. The molecule has 6 heteroatoms. The molecule has 2 aromatic rings. The molecule has 1 atom stereocenters. The van der Waals surface area contributed by atoms with Crippen LogP contribution in [0, 0.1) is 5.82 Å². The SMILES string of the molecule is CNC1C(=O)Nc2cc(Oc3ccc(F)cc3)c(Cl)cc21. The minimum absolute atomic E-state index is 0.137. The first kappa shape index (κ1) is 13.9. The van der Waals surface area contributed by atoms with E-state index in [1.165, 1.54) is 24.3 Å². The molecular formula is C15H12ClFN2O2. The number of carbonyl (C=O) groups is 1. The van der Waals surface area contributed by atoms with Crippen LogP contribution in [0.25, 0.3) is 0 Å². The normalized spacial score (nSPS) is 16.5. The summed E-state index contributed by atoms with van der Waals surface area (Å²) in [5.41, 5.74) is 1.43. The lowest BCUT2D eigenvalue weighted by atomic mass is 10.1. The first-order valence-corrected chi connectivity index (χ1v) is 6.71. The summed E-state index contributed by atoms with van der Waals surface area (Å²) in [6.07, 6.45) is 0. The van der Waals surface area contributed by atoms with E-state index in [1.807, 2.05) is 0 Å². The van der Waals surface area contributed by atoms with Gasteiger partial charge in [0.15, 0.2) is 0 Å². The Morgan fingerprint density at radius 1 is 1.29 bits per heavy atom. The zero-order valence-electron chi connectivity index (χ0n) is 11.1. The Bertz CT molecular complexity index is 704. The highest BCUT2D eigenvalue weighted by Gasteiger charge is 2.30. The van der Waals surface area contributed by atoms with Crippen molar-refractivity contribution in [2.45, 2.75) is 6.04 Å². The second-order valence-corrected chi connectivity index (χ2v) is 5.04. The number of fused-ring (bicyclic) bond motifs is 1. The van der Waals surface area contributed by atoms with Crippen molar-refractivity contribution in [2.24, 2.45) is 0 Å². The van der Waals surface area contributed by atoms with Crippen LogP contribution in [0.1, 0.15) is 11.6 Å². The highest BCUT2D eigenvalue weighted by atomic mass is 35.5. The molecule has 1 aliphatic heterocycles. The van der Waals surface area contributed by atoms with Crippen LogP contribution in [-0.2, 0) is 4.79 Å². The minimum atomic E-state index is -0.419. The Labute approximate surface area is 125 Å². The van der Waals surface area contributed by atoms with Crippen molar-refractivity contribution in [3.05, 3.63) is 52.8 Å². The van der Waals surface area contributed by atoms with Gasteiger partial charge in [0.2, 0.25) is 5.91 Å². The fourth-order valence-electron chi connectivity index (χ4n) is 2.26. The summed E-state index contributed by atoms with van der Waals surface area (Å²) in [4.78, 5) is 11.8. The summed E-state index contributed by atoms with van der Waals surface area (Å²) in [6.45, 7) is 0. The molecule has 0 spiro atoms. The average molecular weight is 307 g/mol. The maximum absolute atomic E-state index is 12.9. The van der Waals surface area contributed by atoms with Gasteiger partial charge in [-0.25, -0.2) is 4.39 Å². The number of anilines is 1. The number of benzene rings is 2. The van der Waals surface area contributed by atoms with Gasteiger partial charge in [-0.3, -0.25) is 4.79 Å². The summed E-state index contributed by atoms with van der Waals surface area (Å²) in [6, 6.07) is 8.55. The van der Waals surface area contributed by atoms with Gasteiger partial charge in [0.25, 0.3) is 0 Å². The monoisotopic (exact) mass is 306 g/mol. The Morgan fingerprint density at radius 2 is 2.00 bits per heavy atom. The zero-order chi connectivity index (χ0) is 15.0. The van der Waals surface area contributed by atoms with Crippen LogP contribution in [0.15, 0.2) is 36.4 Å². The standard InChI is InChI=1S/C15H12ClFN2O2/c1-18-14-10-6-11(16)13(7-12(10)19-15(14)20)21-9-4-2-8(17)3-5-9/h2-7,14,18H,1H3,(H,19,20). The Morgan fingerprint density at radius 3 is 2.67 bits per heavy atom. The maximum atomic E-state index is 12.9. The largest absolute Gasteiger partial charge is 0.456 e. The molecular weight excluding hydrogens is 295 g/mol. The predicted octanol–water partition coefficient (Wildman–Crippen LogP) is 3.48. The van der Waals surface area contributed by atoms with Crippen molar-refractivity contribution in [1.29, 1.82) is 0 Å². The van der Waals surface area contributed by atoms with E-state index in [0.717, 1.165) is 5.56 Å². The number of ether oxygens (including phenoxy) is 1. The number of amides is 1. The molecule has 1 aliphatic rings. The first-order valence-electron chi connectivity index (χ1n) is 6.33. The quantitative estimate of drug-likeness (QED) is 0.912. The van der Waals surface area contributed by atoms with E-state index in [1.54, 1.807) is 19.2 Å². The molecule has 2 N–H and O–H groups in total. The molecule has 108 valence electrons.